The van der Waals surface area contributed by atoms with Crippen molar-refractivity contribution in [3.05, 3.63) is 66.0 Å². The van der Waals surface area contributed by atoms with Crippen molar-refractivity contribution in [2.75, 3.05) is 26.2 Å². The summed E-state index contributed by atoms with van der Waals surface area (Å²) in [6.07, 6.45) is 11.3. The number of rotatable bonds is 6. The van der Waals surface area contributed by atoms with Gasteiger partial charge in [-0.1, -0.05) is 18.2 Å². The van der Waals surface area contributed by atoms with Crippen LogP contribution in [0.1, 0.15) is 36.8 Å². The standard InChI is InChI=1S/C28H29N5O2/c34-27-2-1-11-33(27)25-8-12-32(13-9-25)19-20-3-4-22-15-26(6-5-21(22)14-20)35-28-30-17-24(18-31-28)23-7-10-29-16-23/h3-7,10,14-15,17-18,25H,1-2,8-9,11-13,16,19H2. The van der Waals surface area contributed by atoms with Crippen LogP contribution in [0.4, 0.5) is 0 Å². The molecule has 178 valence electrons. The number of aliphatic imine (C=N–C) groups is 1. The third kappa shape index (κ3) is 4.82. The maximum absolute atomic E-state index is 12.1. The molecule has 2 fully saturated rings. The van der Waals surface area contributed by atoms with Crippen LogP contribution in [0.2, 0.25) is 0 Å². The van der Waals surface area contributed by atoms with Crippen molar-refractivity contribution in [1.82, 2.24) is 19.8 Å². The second kappa shape index (κ2) is 9.58. The summed E-state index contributed by atoms with van der Waals surface area (Å²) in [6.45, 7) is 4.65. The number of carbonyl (C=O) groups excluding carboxylic acids is 1. The van der Waals surface area contributed by atoms with Crippen molar-refractivity contribution >= 4 is 28.5 Å². The predicted molar refractivity (Wildman–Crippen MR) is 137 cm³/mol. The predicted octanol–water partition coefficient (Wildman–Crippen LogP) is 4.48. The van der Waals surface area contributed by atoms with Gasteiger partial charge in [0.15, 0.2) is 0 Å². The van der Waals surface area contributed by atoms with E-state index in [1.807, 2.05) is 18.2 Å². The van der Waals surface area contributed by atoms with Crippen molar-refractivity contribution in [3.8, 4) is 11.8 Å². The first kappa shape index (κ1) is 21.9. The molecule has 35 heavy (non-hydrogen) atoms. The number of amides is 1. The smallest absolute Gasteiger partial charge is 0.321 e. The SMILES string of the molecule is O=C1CCCN1C1CCN(Cc2ccc3cc(Oc4ncc(C5=CC=NC5)cn4)ccc3c2)CC1. The zero-order chi connectivity index (χ0) is 23.6. The number of ether oxygens (including phenoxy) is 1. The Kier molecular flexibility index (Phi) is 6.00. The zero-order valence-corrected chi connectivity index (χ0v) is 19.8. The molecule has 7 heteroatoms. The van der Waals surface area contributed by atoms with Crippen molar-refractivity contribution in [2.45, 2.75) is 38.3 Å². The summed E-state index contributed by atoms with van der Waals surface area (Å²) < 4.78 is 5.91. The highest BCUT2D eigenvalue weighted by Gasteiger charge is 2.30. The quantitative estimate of drug-likeness (QED) is 0.535. The Morgan fingerprint density at radius 2 is 1.77 bits per heavy atom. The fourth-order valence-corrected chi connectivity index (χ4v) is 5.31. The monoisotopic (exact) mass is 467 g/mol. The van der Waals surface area contributed by atoms with Crippen LogP contribution in [-0.2, 0) is 11.3 Å². The number of aromatic nitrogens is 2. The first-order chi connectivity index (χ1) is 17.2. The molecule has 0 spiro atoms. The van der Waals surface area contributed by atoms with Crippen LogP contribution in [-0.4, -0.2) is 64.1 Å². The second-order valence-electron chi connectivity index (χ2n) is 9.58. The molecule has 1 amide bonds. The lowest BCUT2D eigenvalue weighted by Gasteiger charge is -2.36. The topological polar surface area (TPSA) is 70.9 Å². The van der Waals surface area contributed by atoms with Gasteiger partial charge in [-0.15, -0.1) is 0 Å². The van der Waals surface area contributed by atoms with Crippen LogP contribution in [0.15, 0.2) is 59.9 Å². The van der Waals surface area contributed by atoms with Gasteiger partial charge in [-0.2, -0.15) is 0 Å². The van der Waals surface area contributed by atoms with Gasteiger partial charge in [-0.25, -0.2) is 9.97 Å². The van der Waals surface area contributed by atoms with Gasteiger partial charge in [-0.3, -0.25) is 14.7 Å². The fourth-order valence-electron chi connectivity index (χ4n) is 5.31. The second-order valence-corrected chi connectivity index (χ2v) is 9.58. The van der Waals surface area contributed by atoms with E-state index in [9.17, 15) is 4.79 Å². The highest BCUT2D eigenvalue weighted by Crippen LogP contribution is 2.27. The Balaban J connectivity index is 1.07. The summed E-state index contributed by atoms with van der Waals surface area (Å²) in [6, 6.07) is 13.5. The Hall–Kier alpha value is -3.58. The normalized spacial score (nSPS) is 19.0. The molecule has 2 saturated heterocycles. The molecule has 3 aromatic rings. The molecule has 7 nitrogen and oxygen atoms in total. The summed E-state index contributed by atoms with van der Waals surface area (Å²) >= 11 is 0. The van der Waals surface area contributed by atoms with E-state index < -0.39 is 0 Å². The number of piperidine rings is 1. The number of allylic oxidation sites excluding steroid dienone is 1. The van der Waals surface area contributed by atoms with E-state index >= 15 is 0 Å². The van der Waals surface area contributed by atoms with Crippen molar-refractivity contribution in [1.29, 1.82) is 0 Å². The zero-order valence-electron chi connectivity index (χ0n) is 19.8. The van der Waals surface area contributed by atoms with Gasteiger partial charge in [0, 0.05) is 62.8 Å². The highest BCUT2D eigenvalue weighted by molar-refractivity contribution is 5.89. The van der Waals surface area contributed by atoms with Crippen LogP contribution in [0.25, 0.3) is 16.3 Å². The van der Waals surface area contributed by atoms with Gasteiger partial charge < -0.3 is 9.64 Å². The van der Waals surface area contributed by atoms with E-state index in [2.05, 4.69) is 49.0 Å². The van der Waals surface area contributed by atoms with Gasteiger partial charge >= 0.3 is 6.01 Å². The third-order valence-electron chi connectivity index (χ3n) is 7.24. The van der Waals surface area contributed by atoms with Gasteiger partial charge in [0.25, 0.3) is 0 Å². The molecule has 0 unspecified atom stereocenters. The molecule has 0 atom stereocenters. The number of hydrogen-bond acceptors (Lipinski definition) is 6. The minimum Gasteiger partial charge on any atom is -0.424 e. The first-order valence-corrected chi connectivity index (χ1v) is 12.4. The minimum atomic E-state index is 0.336. The Morgan fingerprint density at radius 1 is 0.971 bits per heavy atom. The van der Waals surface area contributed by atoms with E-state index in [0.717, 1.165) is 74.1 Å². The molecular formula is C28H29N5O2. The molecule has 3 aliphatic heterocycles. The number of fused-ring (bicyclic) bond motifs is 1. The minimum absolute atomic E-state index is 0.336. The molecule has 1 aromatic heterocycles. The average molecular weight is 468 g/mol. The van der Waals surface area contributed by atoms with Crippen LogP contribution < -0.4 is 4.74 Å². The molecule has 0 aliphatic carbocycles. The van der Waals surface area contributed by atoms with Crippen molar-refractivity contribution in [3.63, 3.8) is 0 Å². The Labute approximate surface area is 205 Å². The molecule has 0 N–H and O–H groups in total. The lowest BCUT2D eigenvalue weighted by Crippen LogP contribution is -2.45. The average Bonchev–Trinajstić information content (AvgIpc) is 3.57. The van der Waals surface area contributed by atoms with Crippen LogP contribution in [0.3, 0.4) is 0 Å². The largest absolute Gasteiger partial charge is 0.424 e. The molecule has 0 saturated carbocycles. The molecule has 6 rings (SSSR count). The number of hydrogen-bond donors (Lipinski definition) is 0. The summed E-state index contributed by atoms with van der Waals surface area (Å²) in [4.78, 5) is 29.6. The number of carbonyl (C=O) groups is 1. The van der Waals surface area contributed by atoms with E-state index in [-0.39, 0.29) is 0 Å². The fraction of sp³-hybridized carbons (Fsp3) is 0.357. The lowest BCUT2D eigenvalue weighted by atomic mass is 10.0. The highest BCUT2D eigenvalue weighted by atomic mass is 16.5. The number of likely N-dealkylation sites (tertiary alicyclic amines) is 2. The van der Waals surface area contributed by atoms with Gasteiger partial charge in [0.05, 0.1) is 6.54 Å². The maximum Gasteiger partial charge on any atom is 0.321 e. The Bertz CT molecular complexity index is 1290. The summed E-state index contributed by atoms with van der Waals surface area (Å²) in [5.74, 6) is 1.07. The van der Waals surface area contributed by atoms with Gasteiger partial charge in [0.1, 0.15) is 5.75 Å². The summed E-state index contributed by atoms with van der Waals surface area (Å²) in [5, 5.41) is 2.32. The summed E-state index contributed by atoms with van der Waals surface area (Å²) in [7, 11) is 0. The molecular weight excluding hydrogens is 438 g/mol. The molecule has 4 heterocycles. The van der Waals surface area contributed by atoms with Crippen molar-refractivity contribution in [2.24, 2.45) is 4.99 Å². The molecule has 0 bridgehead atoms. The number of benzene rings is 2. The molecule has 0 radical (unpaired) electrons. The van der Waals surface area contributed by atoms with E-state index in [1.165, 1.54) is 10.9 Å². The van der Waals surface area contributed by atoms with Gasteiger partial charge in [0.2, 0.25) is 5.91 Å². The number of nitrogens with zero attached hydrogens (tertiary/aromatic N) is 5. The van der Waals surface area contributed by atoms with E-state index in [1.54, 1.807) is 18.6 Å². The van der Waals surface area contributed by atoms with Crippen LogP contribution in [0, 0.1) is 0 Å². The van der Waals surface area contributed by atoms with Gasteiger partial charge in [-0.05, 0) is 65.4 Å². The van der Waals surface area contributed by atoms with Crippen molar-refractivity contribution < 1.29 is 9.53 Å². The molecule has 3 aliphatic rings. The van der Waals surface area contributed by atoms with E-state index in [4.69, 9.17) is 4.74 Å². The maximum atomic E-state index is 12.1. The Morgan fingerprint density at radius 3 is 2.51 bits per heavy atom. The summed E-state index contributed by atoms with van der Waals surface area (Å²) in [5.41, 5.74) is 3.39. The first-order valence-electron chi connectivity index (χ1n) is 12.4. The van der Waals surface area contributed by atoms with Crippen LogP contribution >= 0.6 is 0 Å². The lowest BCUT2D eigenvalue weighted by molar-refractivity contribution is -0.130. The third-order valence-corrected chi connectivity index (χ3v) is 7.24. The molecule has 2 aromatic carbocycles. The van der Waals surface area contributed by atoms with E-state index in [0.29, 0.717) is 24.5 Å². The van der Waals surface area contributed by atoms with Crippen LogP contribution in [0.5, 0.6) is 11.8 Å².